The van der Waals surface area contributed by atoms with Crippen LogP contribution < -0.4 is 20.5 Å². The Hall–Kier alpha value is -3.50. The van der Waals surface area contributed by atoms with Gasteiger partial charge < -0.3 is 21.5 Å². The number of aryl methyl sites for hydroxylation is 1. The van der Waals surface area contributed by atoms with Gasteiger partial charge in [-0.2, -0.15) is 19.1 Å². The molecule has 0 radical (unpaired) electrons. The lowest BCUT2D eigenvalue weighted by Crippen LogP contribution is -2.25. The predicted octanol–water partition coefficient (Wildman–Crippen LogP) is 2.12. The van der Waals surface area contributed by atoms with Gasteiger partial charge in [-0.3, -0.25) is 4.70 Å². The number of nitrogens with one attached hydrogen (secondary N) is 1. The Balaban J connectivity index is 0.000000289. The van der Waals surface area contributed by atoms with E-state index in [9.17, 15) is 10.4 Å². The highest BCUT2D eigenvalue weighted by Crippen LogP contribution is 2.19. The van der Waals surface area contributed by atoms with Crippen molar-refractivity contribution in [3.8, 4) is 0 Å². The smallest absolute Gasteiger partial charge is 0.185 e. The van der Waals surface area contributed by atoms with Crippen molar-refractivity contribution in [2.45, 2.75) is 26.4 Å². The second kappa shape index (κ2) is 11.0. The lowest BCUT2D eigenvalue weighted by molar-refractivity contribution is -0.606. The van der Waals surface area contributed by atoms with E-state index in [0.717, 1.165) is 44.0 Å². The molecule has 4 aromatic heterocycles. The topological polar surface area (TPSA) is 122 Å². The summed E-state index contributed by atoms with van der Waals surface area (Å²) in [7, 11) is 0. The normalized spacial score (nSPS) is 10.2. The van der Waals surface area contributed by atoms with E-state index in [4.69, 9.17) is 17.3 Å². The van der Waals surface area contributed by atoms with Crippen LogP contribution in [0, 0.1) is 10.4 Å². The number of nitrogens with two attached hydrogens (primary N) is 1. The Morgan fingerprint density at radius 3 is 2.35 bits per heavy atom. The second-order valence-corrected chi connectivity index (χ2v) is 6.81. The second-order valence-electron chi connectivity index (χ2n) is 6.42. The number of halogens is 2. The van der Waals surface area contributed by atoms with Gasteiger partial charge in [0.2, 0.25) is 0 Å². The monoisotopic (exact) mass is 447 g/mol. The molecule has 0 bridgehead atoms. The fourth-order valence-electron chi connectivity index (χ4n) is 2.77. The highest BCUT2D eigenvalue weighted by Gasteiger charge is 2.10. The molecule has 0 aromatic carbocycles. The van der Waals surface area contributed by atoms with Crippen LogP contribution >= 0.6 is 11.6 Å². The molecule has 0 fully saturated rings. The van der Waals surface area contributed by atoms with Gasteiger partial charge in [0.1, 0.15) is 11.0 Å². The highest BCUT2D eigenvalue weighted by atomic mass is 35.5. The molecular formula is C20H23ClFN7O2. The van der Waals surface area contributed by atoms with Crippen molar-refractivity contribution in [2.24, 2.45) is 5.73 Å². The lowest BCUT2D eigenvalue weighted by atomic mass is 10.3. The van der Waals surface area contributed by atoms with E-state index in [0.29, 0.717) is 18.2 Å². The van der Waals surface area contributed by atoms with E-state index in [1.165, 1.54) is 24.8 Å². The fourth-order valence-corrected chi connectivity index (χ4v) is 2.96. The summed E-state index contributed by atoms with van der Waals surface area (Å²) in [6, 6.07) is 8.79. The zero-order valence-corrected chi connectivity index (χ0v) is 17.6. The molecule has 3 N–H and O–H groups in total. The average Bonchev–Trinajstić information content (AvgIpc) is 3.15. The SMILES string of the molecule is CCc1cnn2c(NCc3ccc[n+]([O-])c3)cc(Cl)nc12.F.NCc1ccc[n+]([O-])c1. The van der Waals surface area contributed by atoms with Gasteiger partial charge in [-0.15, -0.1) is 0 Å². The van der Waals surface area contributed by atoms with Crippen LogP contribution in [0.2, 0.25) is 5.15 Å². The molecule has 11 heteroatoms. The maximum Gasteiger partial charge on any atom is 0.185 e. The number of nitrogens with zero attached hydrogens (tertiary/aromatic N) is 5. The molecule has 0 aliphatic carbocycles. The molecule has 4 heterocycles. The van der Waals surface area contributed by atoms with Gasteiger partial charge in [0.15, 0.2) is 30.4 Å². The standard InChI is InChI=1S/C14H14ClN5O.C6H8N2O.FH/c1-2-11-8-17-20-13(6-12(15)18-14(11)20)16-7-10-4-3-5-19(21)9-10;7-4-6-2-1-3-8(9)5-6;/h3-6,8-9,16H,2,7H2,1H3;1-3,5H,4,7H2;1H. The van der Waals surface area contributed by atoms with Crippen LogP contribution in [0.1, 0.15) is 23.6 Å². The van der Waals surface area contributed by atoms with Crippen LogP contribution in [0.15, 0.2) is 61.3 Å². The van der Waals surface area contributed by atoms with E-state index < -0.39 is 0 Å². The number of pyridine rings is 2. The number of hydrogen-bond acceptors (Lipinski definition) is 6. The summed E-state index contributed by atoms with van der Waals surface area (Å²) in [5.41, 5.74) is 8.78. The minimum Gasteiger partial charge on any atom is -0.619 e. The summed E-state index contributed by atoms with van der Waals surface area (Å²) in [5, 5.41) is 29.7. The van der Waals surface area contributed by atoms with E-state index in [1.54, 1.807) is 28.9 Å². The molecule has 0 saturated carbocycles. The molecule has 9 nitrogen and oxygen atoms in total. The summed E-state index contributed by atoms with van der Waals surface area (Å²) in [5.74, 6) is 0.742. The highest BCUT2D eigenvalue weighted by molar-refractivity contribution is 6.29. The van der Waals surface area contributed by atoms with E-state index >= 15 is 0 Å². The van der Waals surface area contributed by atoms with Crippen LogP contribution in [-0.2, 0) is 19.5 Å². The van der Waals surface area contributed by atoms with Gasteiger partial charge in [0, 0.05) is 48.0 Å². The number of rotatable bonds is 5. The Kier molecular flexibility index (Phi) is 8.47. The molecular weight excluding hydrogens is 425 g/mol. The molecule has 0 saturated heterocycles. The van der Waals surface area contributed by atoms with Crippen molar-refractivity contribution in [3.05, 3.63) is 93.6 Å². The summed E-state index contributed by atoms with van der Waals surface area (Å²) in [4.78, 5) is 4.31. The lowest BCUT2D eigenvalue weighted by Gasteiger charge is -2.09. The van der Waals surface area contributed by atoms with E-state index in [2.05, 4.69) is 15.4 Å². The molecule has 164 valence electrons. The molecule has 4 rings (SSSR count). The van der Waals surface area contributed by atoms with Crippen LogP contribution in [-0.4, -0.2) is 14.6 Å². The first-order valence-corrected chi connectivity index (χ1v) is 9.70. The first-order valence-electron chi connectivity index (χ1n) is 9.32. The van der Waals surface area contributed by atoms with E-state index in [-0.39, 0.29) is 4.70 Å². The number of aromatic nitrogens is 5. The summed E-state index contributed by atoms with van der Waals surface area (Å²) >= 11 is 6.07. The van der Waals surface area contributed by atoms with Crippen molar-refractivity contribution in [1.29, 1.82) is 0 Å². The molecule has 0 unspecified atom stereocenters. The zero-order chi connectivity index (χ0) is 21.5. The van der Waals surface area contributed by atoms with Gasteiger partial charge >= 0.3 is 0 Å². The third-order valence-corrected chi connectivity index (χ3v) is 4.47. The maximum atomic E-state index is 11.3. The van der Waals surface area contributed by atoms with Crippen molar-refractivity contribution in [3.63, 3.8) is 0 Å². The third kappa shape index (κ3) is 6.24. The first-order chi connectivity index (χ1) is 14.5. The molecule has 31 heavy (non-hydrogen) atoms. The predicted molar refractivity (Wildman–Crippen MR) is 116 cm³/mol. The van der Waals surface area contributed by atoms with Crippen molar-refractivity contribution < 1.29 is 14.2 Å². The molecule has 0 aliphatic heterocycles. The first kappa shape index (κ1) is 23.8. The van der Waals surface area contributed by atoms with Crippen molar-refractivity contribution in [1.82, 2.24) is 14.6 Å². The molecule has 0 aliphatic rings. The molecule has 0 atom stereocenters. The Bertz CT molecular complexity index is 1140. The Morgan fingerprint density at radius 1 is 1.13 bits per heavy atom. The van der Waals surface area contributed by atoms with Gasteiger partial charge in [0.05, 0.1) is 6.20 Å². The molecule has 0 spiro atoms. The number of hydrogen-bond donors (Lipinski definition) is 2. The quantitative estimate of drug-likeness (QED) is 0.274. The Labute approximate surface area is 183 Å². The van der Waals surface area contributed by atoms with Gasteiger partial charge in [-0.25, -0.2) is 4.98 Å². The minimum absolute atomic E-state index is 0. The third-order valence-electron chi connectivity index (χ3n) is 4.28. The summed E-state index contributed by atoms with van der Waals surface area (Å²) in [6.45, 7) is 2.96. The van der Waals surface area contributed by atoms with Crippen LogP contribution in [0.25, 0.3) is 5.65 Å². The number of fused-ring (bicyclic) bond motifs is 1. The largest absolute Gasteiger partial charge is 0.619 e. The zero-order valence-electron chi connectivity index (χ0n) is 16.8. The van der Waals surface area contributed by atoms with Crippen molar-refractivity contribution in [2.75, 3.05) is 5.32 Å². The van der Waals surface area contributed by atoms with Crippen LogP contribution in [0.5, 0.6) is 0 Å². The maximum absolute atomic E-state index is 11.3. The number of anilines is 1. The van der Waals surface area contributed by atoms with Gasteiger partial charge in [-0.1, -0.05) is 18.5 Å². The van der Waals surface area contributed by atoms with Crippen LogP contribution in [0.3, 0.4) is 0 Å². The molecule has 0 amide bonds. The van der Waals surface area contributed by atoms with Gasteiger partial charge in [0.25, 0.3) is 0 Å². The Morgan fingerprint density at radius 2 is 1.77 bits per heavy atom. The average molecular weight is 448 g/mol. The summed E-state index contributed by atoms with van der Waals surface area (Å²) in [6.07, 6.45) is 8.49. The van der Waals surface area contributed by atoms with E-state index in [1.807, 2.05) is 19.1 Å². The molecule has 4 aromatic rings. The fraction of sp³-hybridized carbons (Fsp3) is 0.200. The minimum atomic E-state index is 0. The van der Waals surface area contributed by atoms with Gasteiger partial charge in [-0.05, 0) is 18.6 Å². The van der Waals surface area contributed by atoms with Crippen LogP contribution in [0.4, 0.5) is 10.5 Å². The summed E-state index contributed by atoms with van der Waals surface area (Å²) < 4.78 is 3.23. The van der Waals surface area contributed by atoms with Crippen molar-refractivity contribution >= 4 is 23.1 Å².